The van der Waals surface area contributed by atoms with Crippen molar-refractivity contribution >= 4 is 45.8 Å². The Morgan fingerprint density at radius 1 is 0.667 bits per heavy atom. The lowest BCUT2D eigenvalue weighted by atomic mass is 9.72. The minimum Gasteiger partial charge on any atom is -0.333 e. The highest BCUT2D eigenvalue weighted by Gasteiger charge is 2.42. The van der Waals surface area contributed by atoms with E-state index in [1.165, 1.54) is 66.1 Å². The minimum absolute atomic E-state index is 0.124. The molecule has 2 unspecified atom stereocenters. The molecule has 2 nitrogen and oxygen atoms in total. The number of nitrogens with zero attached hydrogens (tertiary/aromatic N) is 2. The van der Waals surface area contributed by atoms with Crippen molar-refractivity contribution < 1.29 is 0 Å². The summed E-state index contributed by atoms with van der Waals surface area (Å²) in [6, 6.07) is 42.7. The van der Waals surface area contributed by atoms with E-state index >= 15 is 0 Å². The smallest absolute Gasteiger partial charge is 0.0643 e. The molecule has 3 heterocycles. The topological polar surface area (TPSA) is 6.48 Å². The average Bonchev–Trinajstić information content (AvgIpc) is 3.37. The van der Waals surface area contributed by atoms with Crippen LogP contribution in [-0.4, -0.2) is 6.04 Å². The summed E-state index contributed by atoms with van der Waals surface area (Å²) in [5, 5.41) is 0. The molecule has 0 fully saturated rings. The van der Waals surface area contributed by atoms with Gasteiger partial charge < -0.3 is 9.80 Å². The highest BCUT2D eigenvalue weighted by atomic mass is 32.2. The quantitative estimate of drug-likeness (QED) is 0.209. The van der Waals surface area contributed by atoms with Crippen molar-refractivity contribution in [3.05, 3.63) is 156 Å². The van der Waals surface area contributed by atoms with Crippen molar-refractivity contribution in [1.29, 1.82) is 0 Å². The first-order chi connectivity index (χ1) is 20.6. The van der Waals surface area contributed by atoms with Crippen molar-refractivity contribution in [1.82, 2.24) is 0 Å². The van der Waals surface area contributed by atoms with Gasteiger partial charge in [-0.3, -0.25) is 0 Å². The van der Waals surface area contributed by atoms with E-state index in [9.17, 15) is 0 Å². The molecule has 0 aromatic heterocycles. The second-order valence-corrected chi connectivity index (χ2v) is 13.3. The van der Waals surface area contributed by atoms with E-state index < -0.39 is 0 Å². The molecule has 1 aliphatic carbocycles. The van der Waals surface area contributed by atoms with Gasteiger partial charge >= 0.3 is 0 Å². The zero-order chi connectivity index (χ0) is 28.0. The van der Waals surface area contributed by atoms with Gasteiger partial charge in [-0.15, -0.1) is 0 Å². The van der Waals surface area contributed by atoms with E-state index in [4.69, 9.17) is 0 Å². The summed E-state index contributed by atoms with van der Waals surface area (Å²) in [6.07, 6.45) is 7.31. The molecule has 0 bridgehead atoms. The summed E-state index contributed by atoms with van der Waals surface area (Å²) >= 11 is 1.91. The van der Waals surface area contributed by atoms with Crippen LogP contribution in [0.2, 0.25) is 0 Å². The first kappa shape index (κ1) is 24.2. The Labute approximate surface area is 251 Å². The second kappa shape index (κ2) is 8.77. The van der Waals surface area contributed by atoms with Gasteiger partial charge in [0.25, 0.3) is 0 Å². The molecule has 9 rings (SSSR count). The second-order valence-electron chi connectivity index (χ2n) is 12.2. The third-order valence-electron chi connectivity index (χ3n) is 9.54. The number of hydrogen-bond acceptors (Lipinski definition) is 3. The van der Waals surface area contributed by atoms with Crippen LogP contribution in [0.4, 0.5) is 28.4 Å². The van der Waals surface area contributed by atoms with Gasteiger partial charge in [0.15, 0.2) is 0 Å². The largest absolute Gasteiger partial charge is 0.333 e. The molecule has 3 heteroatoms. The normalized spacial score (nSPS) is 20.2. The SMILES string of the molecule is CC1(C)c2ccccc2N2c3ccccc3Sc3cc(C4=CC5C(C=C4)c4ccccc4N5c4ccccc4)cc1c32. The number of para-hydroxylation sites is 4. The van der Waals surface area contributed by atoms with Crippen LogP contribution in [0.1, 0.15) is 42.0 Å². The maximum absolute atomic E-state index is 2.53. The molecular weight excluding hydrogens is 529 g/mol. The minimum atomic E-state index is -0.124. The molecule has 0 amide bonds. The van der Waals surface area contributed by atoms with Crippen LogP contribution >= 0.6 is 11.8 Å². The first-order valence-corrected chi connectivity index (χ1v) is 15.6. The summed E-state index contributed by atoms with van der Waals surface area (Å²) in [4.78, 5) is 7.66. The van der Waals surface area contributed by atoms with Gasteiger partial charge in [-0.1, -0.05) is 111 Å². The molecule has 0 spiro atoms. The zero-order valence-electron chi connectivity index (χ0n) is 23.7. The highest BCUT2D eigenvalue weighted by molar-refractivity contribution is 7.99. The number of benzene rings is 5. The molecule has 5 aromatic rings. The molecule has 42 heavy (non-hydrogen) atoms. The van der Waals surface area contributed by atoms with Crippen LogP contribution in [0.15, 0.2) is 143 Å². The number of anilines is 5. The molecule has 0 N–H and O–H groups in total. The molecule has 0 saturated carbocycles. The Balaban J connectivity index is 1.23. The van der Waals surface area contributed by atoms with Crippen molar-refractivity contribution in [3.63, 3.8) is 0 Å². The van der Waals surface area contributed by atoms with Crippen molar-refractivity contribution in [3.8, 4) is 0 Å². The van der Waals surface area contributed by atoms with Crippen LogP contribution in [0.5, 0.6) is 0 Å². The molecule has 0 saturated heterocycles. The van der Waals surface area contributed by atoms with Gasteiger partial charge in [0.1, 0.15) is 0 Å². The van der Waals surface area contributed by atoms with Gasteiger partial charge in [0.2, 0.25) is 0 Å². The van der Waals surface area contributed by atoms with Crippen LogP contribution in [0, 0.1) is 0 Å². The lowest BCUT2D eigenvalue weighted by molar-refractivity contribution is 0.628. The summed E-state index contributed by atoms with van der Waals surface area (Å²) in [5.74, 6) is 0.334. The Morgan fingerprint density at radius 2 is 1.38 bits per heavy atom. The Bertz CT molecular complexity index is 1970. The molecular formula is C39H30N2S. The average molecular weight is 559 g/mol. The van der Waals surface area contributed by atoms with Gasteiger partial charge in [-0.25, -0.2) is 0 Å². The van der Waals surface area contributed by atoms with Gasteiger partial charge in [-0.2, -0.15) is 0 Å². The van der Waals surface area contributed by atoms with E-state index in [1.54, 1.807) is 0 Å². The summed E-state index contributed by atoms with van der Waals surface area (Å²) in [5.41, 5.74) is 13.1. The third kappa shape index (κ3) is 3.29. The molecule has 5 aromatic carbocycles. The van der Waals surface area contributed by atoms with Crippen molar-refractivity contribution in [2.45, 2.75) is 41.0 Å². The van der Waals surface area contributed by atoms with E-state index in [2.05, 4.69) is 157 Å². The zero-order valence-corrected chi connectivity index (χ0v) is 24.5. The Hall–Kier alpha value is -4.47. The van der Waals surface area contributed by atoms with Crippen LogP contribution in [0.3, 0.4) is 0 Å². The van der Waals surface area contributed by atoms with Crippen molar-refractivity contribution in [2.75, 3.05) is 9.80 Å². The van der Waals surface area contributed by atoms with Gasteiger partial charge in [-0.05, 0) is 76.4 Å². The predicted octanol–water partition coefficient (Wildman–Crippen LogP) is 10.5. The van der Waals surface area contributed by atoms with E-state index in [1.807, 2.05) is 11.8 Å². The molecule has 202 valence electrons. The standard InChI is InChI=1S/C39H30N2S/c1-39(2)30-15-7-9-17-33(30)41-34-18-10-11-19-36(34)42-37-24-26(22-31(39)38(37)41)25-20-21-29-28-14-6-8-16-32(28)40(35(29)23-25)27-12-4-3-5-13-27/h3-24,29,35H,1-2H3. The van der Waals surface area contributed by atoms with Crippen LogP contribution in [0.25, 0.3) is 5.57 Å². The van der Waals surface area contributed by atoms with E-state index in [0.717, 1.165) is 0 Å². The molecule has 4 aliphatic rings. The number of rotatable bonds is 2. The maximum Gasteiger partial charge on any atom is 0.0643 e. The summed E-state index contributed by atoms with van der Waals surface area (Å²) < 4.78 is 0. The summed E-state index contributed by atoms with van der Waals surface area (Å²) in [6.45, 7) is 4.78. The lowest BCUT2D eigenvalue weighted by Crippen LogP contribution is -2.32. The first-order valence-electron chi connectivity index (χ1n) is 14.8. The lowest BCUT2D eigenvalue weighted by Gasteiger charge is -2.45. The fraction of sp³-hybridized carbons (Fsp3) is 0.128. The third-order valence-corrected chi connectivity index (χ3v) is 10.6. The van der Waals surface area contributed by atoms with Gasteiger partial charge in [0.05, 0.1) is 23.1 Å². The highest BCUT2D eigenvalue weighted by Crippen LogP contribution is 2.60. The predicted molar refractivity (Wildman–Crippen MR) is 176 cm³/mol. The fourth-order valence-corrected chi connectivity index (χ4v) is 8.68. The van der Waals surface area contributed by atoms with Crippen LogP contribution in [-0.2, 0) is 5.41 Å². The Morgan fingerprint density at radius 3 is 2.24 bits per heavy atom. The monoisotopic (exact) mass is 558 g/mol. The molecule has 0 radical (unpaired) electrons. The maximum atomic E-state index is 2.53. The Kier molecular flexibility index (Phi) is 5.04. The fourth-order valence-electron chi connectivity index (χ4n) is 7.55. The van der Waals surface area contributed by atoms with Gasteiger partial charge in [0, 0.05) is 32.5 Å². The summed E-state index contributed by atoms with van der Waals surface area (Å²) in [7, 11) is 0. The molecule has 3 aliphatic heterocycles. The van der Waals surface area contributed by atoms with E-state index in [-0.39, 0.29) is 11.5 Å². The van der Waals surface area contributed by atoms with Crippen molar-refractivity contribution in [2.24, 2.45) is 0 Å². The number of fused-ring (bicyclic) bond motifs is 7. The number of hydrogen-bond donors (Lipinski definition) is 0. The number of allylic oxidation sites excluding steroid dienone is 2. The van der Waals surface area contributed by atoms with E-state index in [0.29, 0.717) is 5.92 Å². The molecule has 2 atom stereocenters. The van der Waals surface area contributed by atoms with Crippen LogP contribution < -0.4 is 9.80 Å².